The number of benzene rings is 1. The maximum absolute atomic E-state index is 13.2. The number of carbonyl (C=O) groups is 1. The Morgan fingerprint density at radius 1 is 1.00 bits per heavy atom. The number of hydrogen-bond acceptors (Lipinski definition) is 3. The highest BCUT2D eigenvalue weighted by Gasteiger charge is 2.33. The molecular weight excluding hydrogens is 362 g/mol. The molecule has 0 atom stereocenters. The van der Waals surface area contributed by atoms with Crippen LogP contribution >= 0.6 is 0 Å². The highest BCUT2D eigenvalue weighted by Crippen LogP contribution is 2.30. The Bertz CT molecular complexity index is 1000. The van der Waals surface area contributed by atoms with Crippen LogP contribution in [0.3, 0.4) is 0 Å². The van der Waals surface area contributed by atoms with Gasteiger partial charge < -0.3 is 9.47 Å². The van der Waals surface area contributed by atoms with Gasteiger partial charge in [-0.2, -0.15) is 0 Å². The summed E-state index contributed by atoms with van der Waals surface area (Å²) in [5, 5.41) is 0. The Kier molecular flexibility index (Phi) is 5.08. The lowest BCUT2D eigenvalue weighted by atomic mass is 10.1. The van der Waals surface area contributed by atoms with Crippen molar-refractivity contribution in [3.05, 3.63) is 46.3 Å². The standard InChI is InChI=1S/C20H27N3O3S/c1-13-8-9-17(12-14(13)2)21-27(25,26)19-16(4)22(5)15(3)18(19)20(24)23-10-6-7-11-23/h8-9,12,21H,6-7,10-11H2,1-5H3. The van der Waals surface area contributed by atoms with E-state index in [4.69, 9.17) is 0 Å². The first-order valence-corrected chi connectivity index (χ1v) is 10.7. The van der Waals surface area contributed by atoms with E-state index >= 15 is 0 Å². The number of aromatic nitrogens is 1. The number of anilines is 1. The molecule has 1 aliphatic heterocycles. The van der Waals surface area contributed by atoms with Gasteiger partial charge in [0.1, 0.15) is 4.90 Å². The van der Waals surface area contributed by atoms with Gasteiger partial charge in [-0.3, -0.25) is 9.52 Å². The van der Waals surface area contributed by atoms with Gasteiger partial charge in [0.05, 0.1) is 5.56 Å². The molecule has 2 aromatic rings. The number of amides is 1. The Morgan fingerprint density at radius 2 is 1.63 bits per heavy atom. The van der Waals surface area contributed by atoms with E-state index in [2.05, 4.69) is 4.72 Å². The smallest absolute Gasteiger partial charge is 0.264 e. The fraction of sp³-hybridized carbons (Fsp3) is 0.450. The van der Waals surface area contributed by atoms with Crippen LogP contribution in [0.4, 0.5) is 5.69 Å². The molecule has 27 heavy (non-hydrogen) atoms. The maximum atomic E-state index is 13.2. The Hall–Kier alpha value is -2.28. The third-order valence-corrected chi connectivity index (χ3v) is 7.10. The van der Waals surface area contributed by atoms with Crippen LogP contribution in [0.5, 0.6) is 0 Å². The molecule has 1 aliphatic rings. The average molecular weight is 390 g/mol. The largest absolute Gasteiger partial charge is 0.350 e. The summed E-state index contributed by atoms with van der Waals surface area (Å²) in [6.45, 7) is 8.80. The first-order chi connectivity index (χ1) is 12.6. The third-order valence-electron chi connectivity index (χ3n) is 5.56. The predicted octanol–water partition coefficient (Wildman–Crippen LogP) is 3.30. The SMILES string of the molecule is Cc1ccc(NS(=O)(=O)c2c(C(=O)N3CCCC3)c(C)n(C)c2C)cc1C. The lowest BCUT2D eigenvalue weighted by Gasteiger charge is -2.17. The van der Waals surface area contributed by atoms with Crippen molar-refractivity contribution < 1.29 is 13.2 Å². The van der Waals surface area contributed by atoms with Gasteiger partial charge in [-0.1, -0.05) is 6.07 Å². The zero-order valence-electron chi connectivity index (χ0n) is 16.6. The van der Waals surface area contributed by atoms with Crippen LogP contribution in [-0.4, -0.2) is 36.9 Å². The molecule has 0 unspecified atom stereocenters. The molecule has 0 aliphatic carbocycles. The molecule has 1 aromatic heterocycles. The molecule has 7 heteroatoms. The van der Waals surface area contributed by atoms with E-state index in [1.807, 2.05) is 19.9 Å². The van der Waals surface area contributed by atoms with Crippen molar-refractivity contribution >= 4 is 21.6 Å². The fourth-order valence-electron chi connectivity index (χ4n) is 3.59. The van der Waals surface area contributed by atoms with Crippen molar-refractivity contribution in [2.45, 2.75) is 45.4 Å². The zero-order valence-corrected chi connectivity index (χ0v) is 17.4. The summed E-state index contributed by atoms with van der Waals surface area (Å²) in [7, 11) is -2.11. The lowest BCUT2D eigenvalue weighted by Crippen LogP contribution is -2.30. The number of carbonyl (C=O) groups excluding carboxylic acids is 1. The molecule has 1 N–H and O–H groups in total. The van der Waals surface area contributed by atoms with E-state index in [0.717, 1.165) is 24.0 Å². The van der Waals surface area contributed by atoms with Gasteiger partial charge in [-0.05, 0) is 63.8 Å². The second kappa shape index (κ2) is 7.03. The molecule has 0 radical (unpaired) electrons. The second-order valence-corrected chi connectivity index (χ2v) is 8.96. The minimum absolute atomic E-state index is 0.0811. The van der Waals surface area contributed by atoms with Crippen molar-refractivity contribution in [3.8, 4) is 0 Å². The summed E-state index contributed by atoms with van der Waals surface area (Å²) in [5.74, 6) is -0.200. The number of likely N-dealkylation sites (tertiary alicyclic amines) is 1. The Labute approximate surface area is 161 Å². The molecule has 1 fully saturated rings. The first-order valence-electron chi connectivity index (χ1n) is 9.18. The van der Waals surface area contributed by atoms with E-state index in [1.165, 1.54) is 0 Å². The molecule has 3 rings (SSSR count). The molecule has 6 nitrogen and oxygen atoms in total. The fourth-order valence-corrected chi connectivity index (χ4v) is 5.16. The summed E-state index contributed by atoms with van der Waals surface area (Å²) < 4.78 is 30.9. The summed E-state index contributed by atoms with van der Waals surface area (Å²) in [4.78, 5) is 14.9. The molecule has 0 saturated carbocycles. The number of nitrogens with zero attached hydrogens (tertiary/aromatic N) is 2. The number of nitrogens with one attached hydrogen (secondary N) is 1. The van der Waals surface area contributed by atoms with E-state index in [9.17, 15) is 13.2 Å². The summed E-state index contributed by atoms with van der Waals surface area (Å²) >= 11 is 0. The summed E-state index contributed by atoms with van der Waals surface area (Å²) in [5.41, 5.74) is 4.11. The summed E-state index contributed by atoms with van der Waals surface area (Å²) in [6, 6.07) is 5.43. The topological polar surface area (TPSA) is 71.4 Å². The van der Waals surface area contributed by atoms with Gasteiger partial charge in [0.25, 0.3) is 15.9 Å². The van der Waals surface area contributed by atoms with E-state index in [0.29, 0.717) is 30.2 Å². The van der Waals surface area contributed by atoms with Gasteiger partial charge >= 0.3 is 0 Å². The molecule has 146 valence electrons. The van der Waals surface area contributed by atoms with Crippen molar-refractivity contribution in [1.29, 1.82) is 0 Å². The Morgan fingerprint density at radius 3 is 2.22 bits per heavy atom. The number of rotatable bonds is 4. The summed E-state index contributed by atoms with van der Waals surface area (Å²) in [6.07, 6.45) is 1.92. The van der Waals surface area contributed by atoms with Gasteiger partial charge in [-0.15, -0.1) is 0 Å². The second-order valence-electron chi connectivity index (χ2n) is 7.34. The van der Waals surface area contributed by atoms with Gasteiger partial charge in [0.2, 0.25) is 0 Å². The van der Waals surface area contributed by atoms with Crippen LogP contribution in [0.2, 0.25) is 0 Å². The van der Waals surface area contributed by atoms with Crippen LogP contribution < -0.4 is 4.72 Å². The van der Waals surface area contributed by atoms with Crippen molar-refractivity contribution in [3.63, 3.8) is 0 Å². The lowest BCUT2D eigenvalue weighted by molar-refractivity contribution is 0.0788. The number of aryl methyl sites for hydroxylation is 2. The van der Waals surface area contributed by atoms with Crippen molar-refractivity contribution in [2.24, 2.45) is 7.05 Å². The van der Waals surface area contributed by atoms with Crippen molar-refractivity contribution in [1.82, 2.24) is 9.47 Å². The molecule has 1 aromatic carbocycles. The predicted molar refractivity (Wildman–Crippen MR) is 107 cm³/mol. The quantitative estimate of drug-likeness (QED) is 0.872. The van der Waals surface area contributed by atoms with E-state index in [-0.39, 0.29) is 16.4 Å². The van der Waals surface area contributed by atoms with Crippen LogP contribution in [0.15, 0.2) is 23.1 Å². The van der Waals surface area contributed by atoms with Gasteiger partial charge in [0, 0.05) is 37.2 Å². The molecule has 2 heterocycles. The highest BCUT2D eigenvalue weighted by molar-refractivity contribution is 7.92. The van der Waals surface area contributed by atoms with E-state index < -0.39 is 10.0 Å². The molecule has 0 bridgehead atoms. The Balaban J connectivity index is 2.07. The molecule has 0 spiro atoms. The van der Waals surface area contributed by atoms with Crippen LogP contribution in [0, 0.1) is 27.7 Å². The maximum Gasteiger partial charge on any atom is 0.264 e. The monoisotopic (exact) mass is 389 g/mol. The molecular formula is C20H27N3O3S. The van der Waals surface area contributed by atoms with Crippen LogP contribution in [-0.2, 0) is 17.1 Å². The minimum Gasteiger partial charge on any atom is -0.350 e. The normalized spacial score (nSPS) is 14.6. The zero-order chi connectivity index (χ0) is 19.9. The van der Waals surface area contributed by atoms with Gasteiger partial charge in [-0.25, -0.2) is 8.42 Å². The number of hydrogen-bond donors (Lipinski definition) is 1. The van der Waals surface area contributed by atoms with Gasteiger partial charge in [0.15, 0.2) is 0 Å². The first kappa shape index (κ1) is 19.5. The third kappa shape index (κ3) is 3.48. The van der Waals surface area contributed by atoms with Crippen LogP contribution in [0.25, 0.3) is 0 Å². The van der Waals surface area contributed by atoms with Crippen LogP contribution in [0.1, 0.15) is 45.7 Å². The molecule has 1 saturated heterocycles. The number of sulfonamides is 1. The molecule has 1 amide bonds. The highest BCUT2D eigenvalue weighted by atomic mass is 32.2. The average Bonchev–Trinajstić information content (AvgIpc) is 3.21. The van der Waals surface area contributed by atoms with E-state index in [1.54, 1.807) is 42.5 Å². The minimum atomic E-state index is -3.90. The van der Waals surface area contributed by atoms with Crippen molar-refractivity contribution in [2.75, 3.05) is 17.8 Å².